The summed E-state index contributed by atoms with van der Waals surface area (Å²) >= 11 is 0. The van der Waals surface area contributed by atoms with Gasteiger partial charge < -0.3 is 39.4 Å². The van der Waals surface area contributed by atoms with Gasteiger partial charge in [0.1, 0.15) is 23.1 Å². The first-order chi connectivity index (χ1) is 35.4. The number of piperidine rings is 1. The van der Waals surface area contributed by atoms with Gasteiger partial charge in [0, 0.05) is 62.2 Å². The van der Waals surface area contributed by atoms with Crippen molar-refractivity contribution in [3.63, 3.8) is 0 Å². The number of carbonyl (C=O) groups excluding carboxylic acids is 1. The quantitative estimate of drug-likeness (QED) is 0.0680. The van der Waals surface area contributed by atoms with Gasteiger partial charge in [-0.2, -0.15) is 4.98 Å². The summed E-state index contributed by atoms with van der Waals surface area (Å²) in [5, 5.41) is 26.8. The first kappa shape index (κ1) is 50.4. The molecule has 5 aromatic rings. The highest BCUT2D eigenvalue weighted by molar-refractivity contribution is 7.90. The number of H-pyrrole nitrogens is 1. The Bertz CT molecular complexity index is 3050. The third kappa shape index (κ3) is 9.17. The predicted molar refractivity (Wildman–Crippen MR) is 284 cm³/mol. The topological polar surface area (TPSA) is 205 Å². The molecule has 4 N–H and O–H groups in total. The van der Waals surface area contributed by atoms with Crippen LogP contribution in [0.5, 0.6) is 5.88 Å². The number of pyridine rings is 1. The molecule has 1 spiro atoms. The van der Waals surface area contributed by atoms with Crippen LogP contribution in [0.15, 0.2) is 83.9 Å². The fraction of sp³-hybridized carbons (Fsp3) is 0.536. The Morgan fingerprint density at radius 3 is 2.46 bits per heavy atom. The number of morpholine rings is 1. The Labute approximate surface area is 433 Å². The van der Waals surface area contributed by atoms with E-state index >= 15 is 0 Å². The minimum Gasteiger partial charge on any atom is -0.468 e. The number of nitro groups is 1. The average molecular weight is 1030 g/mol. The van der Waals surface area contributed by atoms with Crippen LogP contribution in [0.2, 0.25) is 0 Å². The van der Waals surface area contributed by atoms with Gasteiger partial charge in [-0.25, -0.2) is 13.1 Å². The molecule has 18 heteroatoms. The molecule has 2 saturated carbocycles. The van der Waals surface area contributed by atoms with Crippen molar-refractivity contribution >= 4 is 55.4 Å². The maximum atomic E-state index is 14.8. The number of rotatable bonds is 12. The highest BCUT2D eigenvalue weighted by Crippen LogP contribution is 2.64. The fourth-order valence-electron chi connectivity index (χ4n) is 13.3. The van der Waals surface area contributed by atoms with E-state index in [-0.39, 0.29) is 40.1 Å². The molecule has 3 aromatic carbocycles. The third-order valence-electron chi connectivity index (χ3n) is 18.0. The van der Waals surface area contributed by atoms with Crippen molar-refractivity contribution in [3.8, 4) is 5.88 Å². The highest BCUT2D eigenvalue weighted by atomic mass is 32.2. The summed E-state index contributed by atoms with van der Waals surface area (Å²) < 4.78 is 49.4. The number of fused-ring (bicyclic) bond motifs is 3. The zero-order chi connectivity index (χ0) is 51.7. The van der Waals surface area contributed by atoms with Crippen LogP contribution in [-0.2, 0) is 19.5 Å². The van der Waals surface area contributed by atoms with Crippen molar-refractivity contribution in [1.29, 1.82) is 0 Å². The monoisotopic (exact) mass is 1030 g/mol. The Hall–Kier alpha value is -5.79. The van der Waals surface area contributed by atoms with E-state index < -0.39 is 43.1 Å². The van der Waals surface area contributed by atoms with Gasteiger partial charge in [-0.3, -0.25) is 19.8 Å². The second-order valence-corrected chi connectivity index (χ2v) is 24.6. The number of anilines is 4. The molecule has 5 fully saturated rings. The number of ether oxygens (including phenoxy) is 3. The molecule has 394 valence electrons. The molecule has 0 unspecified atom stereocenters. The van der Waals surface area contributed by atoms with E-state index in [0.717, 1.165) is 75.5 Å². The molecule has 6 heterocycles. The summed E-state index contributed by atoms with van der Waals surface area (Å²) in [5.74, 6) is 0.0918. The smallest absolute Gasteiger partial charge is 0.293 e. The zero-order valence-corrected chi connectivity index (χ0v) is 44.0. The lowest BCUT2D eigenvalue weighted by atomic mass is 9.44. The average Bonchev–Trinajstić information content (AvgIpc) is 3.86. The minimum absolute atomic E-state index is 0.0441. The molecule has 0 bridgehead atoms. The van der Waals surface area contributed by atoms with Crippen LogP contribution in [0.4, 0.5) is 28.4 Å². The molecule has 0 radical (unpaired) electrons. The van der Waals surface area contributed by atoms with Crippen molar-refractivity contribution in [2.45, 2.75) is 127 Å². The number of hydrogen-bond donors (Lipinski definition) is 4. The van der Waals surface area contributed by atoms with Crippen molar-refractivity contribution < 1.29 is 37.5 Å². The van der Waals surface area contributed by atoms with Crippen molar-refractivity contribution in [2.24, 2.45) is 16.7 Å². The van der Waals surface area contributed by atoms with Gasteiger partial charge >= 0.3 is 0 Å². The van der Waals surface area contributed by atoms with Crippen LogP contribution < -0.4 is 24.6 Å². The van der Waals surface area contributed by atoms with Crippen LogP contribution in [-0.4, -0.2) is 116 Å². The van der Waals surface area contributed by atoms with Crippen LogP contribution in [0.3, 0.4) is 0 Å². The summed E-state index contributed by atoms with van der Waals surface area (Å²) in [6.45, 7) is 16.4. The van der Waals surface area contributed by atoms with Gasteiger partial charge in [-0.05, 0) is 135 Å². The SMILES string of the molecule is CC(C)c1ccccc1[C@@H]1COCCN1[C@H]1CC2(CCN(c3ccc(C(=O)NS(=O)(=O)c4ccc(NC[C@H]5CC[C@](C)(O)CC5)c([N+](=O)[O-])c4)c(N4c5cc6cc[nH]c6nc5O[C@H]5COCC[C@@H]54)c3)CC2)C1(C)C. The number of nitrogens with one attached hydrogen (secondary N) is 3. The van der Waals surface area contributed by atoms with Crippen LogP contribution in [0, 0.1) is 26.9 Å². The van der Waals surface area contributed by atoms with Gasteiger partial charge in [-0.15, -0.1) is 0 Å². The first-order valence-electron chi connectivity index (χ1n) is 26.6. The van der Waals surface area contributed by atoms with E-state index in [4.69, 9.17) is 19.2 Å². The molecule has 6 aliphatic rings. The Kier molecular flexibility index (Phi) is 13.2. The van der Waals surface area contributed by atoms with Gasteiger partial charge in [0.2, 0.25) is 5.88 Å². The number of amides is 1. The normalized spacial score (nSPS) is 26.7. The fourth-order valence-corrected chi connectivity index (χ4v) is 14.3. The van der Waals surface area contributed by atoms with E-state index in [2.05, 4.69) is 81.7 Å². The van der Waals surface area contributed by atoms with Gasteiger partial charge in [0.25, 0.3) is 21.6 Å². The molecule has 4 atom stereocenters. The number of hydrogen-bond acceptors (Lipinski definition) is 14. The van der Waals surface area contributed by atoms with Gasteiger partial charge in [0.05, 0.1) is 58.6 Å². The molecule has 2 aliphatic carbocycles. The van der Waals surface area contributed by atoms with Gasteiger partial charge in [-0.1, -0.05) is 52.0 Å². The van der Waals surface area contributed by atoms with Gasteiger partial charge in [0.15, 0.2) is 0 Å². The third-order valence-corrected chi connectivity index (χ3v) is 19.3. The molecule has 2 aromatic heterocycles. The molecule has 1 amide bonds. The molecular formula is C56H70N8O9S. The number of aromatic nitrogens is 2. The van der Waals surface area contributed by atoms with E-state index in [1.807, 2.05) is 37.4 Å². The lowest BCUT2D eigenvalue weighted by Crippen LogP contribution is -2.68. The standard InChI is InChI=1S/C56H70N8O9S/c1-35(2)40-8-6-7-9-41(40)48-33-72-27-25-62(48)50-31-56(54(50,3)4)20-23-61(24-21-56)38-10-12-42(45(29-38)63-44-17-26-71-34-49(44)73-53-47(63)28-37-16-22-57-51(37)59-53)52(65)60-74(69,70)39-11-13-43(46(30-39)64(67)68)58-32-36-14-18-55(5,66)19-15-36/h6-13,16,22,28-30,35-36,44,48-50,58,66H,14-15,17-21,23-27,31-34H2,1-5H3,(H,57,59)(H,60,65)/t36-,44-,48-,49-,50-,55-/m0/s1. The number of benzene rings is 3. The molecule has 3 saturated heterocycles. The van der Waals surface area contributed by atoms with Crippen molar-refractivity contribution in [2.75, 3.05) is 67.7 Å². The largest absolute Gasteiger partial charge is 0.468 e. The molecule has 74 heavy (non-hydrogen) atoms. The number of carbonyl (C=O) groups is 1. The second-order valence-electron chi connectivity index (χ2n) is 22.9. The Balaban J connectivity index is 0.882. The van der Waals surface area contributed by atoms with Crippen molar-refractivity contribution in [3.05, 3.63) is 106 Å². The lowest BCUT2D eigenvalue weighted by Gasteiger charge is -2.68. The number of aliphatic hydroxyl groups is 1. The number of aromatic amines is 1. The van der Waals surface area contributed by atoms with E-state index in [0.29, 0.717) is 80.5 Å². The minimum atomic E-state index is -4.63. The molecule has 11 rings (SSSR count). The Morgan fingerprint density at radius 2 is 1.70 bits per heavy atom. The lowest BCUT2D eigenvalue weighted by molar-refractivity contribution is -0.384. The van der Waals surface area contributed by atoms with E-state index in [9.17, 15) is 28.4 Å². The number of nitro benzene ring substituents is 1. The summed E-state index contributed by atoms with van der Waals surface area (Å²) in [4.78, 5) is 41.4. The summed E-state index contributed by atoms with van der Waals surface area (Å²) in [6, 6.07) is 22.3. The summed E-state index contributed by atoms with van der Waals surface area (Å²) in [6.07, 6.45) is 7.82. The predicted octanol–water partition coefficient (Wildman–Crippen LogP) is 9.21. The molecule has 4 aliphatic heterocycles. The van der Waals surface area contributed by atoms with Crippen LogP contribution in [0.1, 0.15) is 119 Å². The number of sulfonamides is 1. The Morgan fingerprint density at radius 1 is 0.932 bits per heavy atom. The first-order valence-corrected chi connectivity index (χ1v) is 28.1. The molecule has 17 nitrogen and oxygen atoms in total. The zero-order valence-electron chi connectivity index (χ0n) is 43.1. The van der Waals surface area contributed by atoms with Crippen molar-refractivity contribution in [1.82, 2.24) is 19.6 Å². The maximum Gasteiger partial charge on any atom is 0.293 e. The van der Waals surface area contributed by atoms with Crippen LogP contribution in [0.25, 0.3) is 11.0 Å². The number of nitrogens with zero attached hydrogens (tertiary/aromatic N) is 5. The highest BCUT2D eigenvalue weighted by Gasteiger charge is 2.62. The maximum absolute atomic E-state index is 14.8. The second kappa shape index (κ2) is 19.4. The summed E-state index contributed by atoms with van der Waals surface area (Å²) in [5.41, 5.74) is 4.77. The van der Waals surface area contributed by atoms with Crippen LogP contribution >= 0.6 is 0 Å². The van der Waals surface area contributed by atoms with E-state index in [1.54, 1.807) is 6.07 Å². The van der Waals surface area contributed by atoms with E-state index in [1.165, 1.54) is 23.3 Å². The summed E-state index contributed by atoms with van der Waals surface area (Å²) in [7, 11) is -4.63. The molecular weight excluding hydrogens is 961 g/mol.